The van der Waals surface area contributed by atoms with Crippen LogP contribution in [-0.2, 0) is 0 Å². The summed E-state index contributed by atoms with van der Waals surface area (Å²) in [5.41, 5.74) is 0.434. The molecule has 0 atom stereocenters. The molecule has 7 rings (SSSR count). The zero-order valence-corrected chi connectivity index (χ0v) is 14.6. The molecule has 0 N–H and O–H groups in total. The van der Waals surface area contributed by atoms with Gasteiger partial charge < -0.3 is 9.47 Å². The van der Waals surface area contributed by atoms with Gasteiger partial charge in [0.2, 0.25) is 0 Å². The molecule has 2 aliphatic heterocycles. The lowest BCUT2D eigenvalue weighted by Gasteiger charge is -2.33. The maximum Gasteiger partial charge on any atom is 0.260 e. The van der Waals surface area contributed by atoms with E-state index in [0.717, 1.165) is 0 Å². The fourth-order valence-electron chi connectivity index (χ4n) is 3.95. The third kappa shape index (κ3) is 2.07. The van der Waals surface area contributed by atoms with E-state index in [1.807, 2.05) is 0 Å². The summed E-state index contributed by atoms with van der Waals surface area (Å²) >= 11 is 0. The normalized spacial score (nSPS) is 19.1. The van der Waals surface area contributed by atoms with Gasteiger partial charge in [-0.3, -0.25) is 0 Å². The largest absolute Gasteiger partial charge is 0.458 e. The van der Waals surface area contributed by atoms with Crippen LogP contribution in [-0.4, -0.2) is 6.71 Å². The van der Waals surface area contributed by atoms with Crippen molar-refractivity contribution in [2.24, 2.45) is 0 Å². The van der Waals surface area contributed by atoms with Gasteiger partial charge in [-0.1, -0.05) is 66.5 Å². The lowest BCUT2D eigenvalue weighted by Crippen LogP contribution is -2.57. The predicted octanol–water partition coefficient (Wildman–Crippen LogP) is 4.72. The van der Waals surface area contributed by atoms with Crippen molar-refractivity contribution in [3.05, 3.63) is 90.7 Å². The van der Waals surface area contributed by atoms with Gasteiger partial charge in [-0.15, -0.1) is 0 Å². The zero-order chi connectivity index (χ0) is 29.4. The summed E-state index contributed by atoms with van der Waals surface area (Å²) in [6.07, 6.45) is 0. The van der Waals surface area contributed by atoms with Crippen LogP contribution >= 0.6 is 0 Å². The third-order valence-corrected chi connectivity index (χ3v) is 5.18. The maximum atomic E-state index is 9.17. The van der Waals surface area contributed by atoms with E-state index < -0.39 is 55.1 Å². The average molecular weight is 382 g/mol. The molecule has 3 heteroatoms. The van der Waals surface area contributed by atoms with E-state index in [9.17, 15) is 2.74 Å². The molecule has 0 unspecified atom stereocenters. The topological polar surface area (TPSA) is 18.5 Å². The van der Waals surface area contributed by atoms with Crippen molar-refractivity contribution in [1.29, 1.82) is 0 Å². The molecule has 0 aliphatic carbocycles. The van der Waals surface area contributed by atoms with Gasteiger partial charge in [0.1, 0.15) is 23.0 Å². The van der Waals surface area contributed by atoms with E-state index in [-0.39, 0.29) is 79.6 Å². The molecule has 0 saturated heterocycles. The van der Waals surface area contributed by atoms with Crippen molar-refractivity contribution in [3.63, 3.8) is 0 Å². The van der Waals surface area contributed by atoms with E-state index in [2.05, 4.69) is 0 Å². The first kappa shape index (κ1) is 7.96. The van der Waals surface area contributed by atoms with Crippen LogP contribution in [0.3, 0.4) is 0 Å². The van der Waals surface area contributed by atoms with Gasteiger partial charge in [0, 0.05) is 5.46 Å². The van der Waals surface area contributed by atoms with E-state index in [1.54, 1.807) is 18.2 Å². The average Bonchev–Trinajstić information content (AvgIpc) is 2.95. The monoisotopic (exact) mass is 382 g/mol. The summed E-state index contributed by atoms with van der Waals surface area (Å²) in [6, 6.07) is -0.904. The molecule has 0 aromatic heterocycles. The van der Waals surface area contributed by atoms with Crippen LogP contribution in [0.15, 0.2) is 90.7 Å². The maximum absolute atomic E-state index is 9.17. The Hall–Kier alpha value is -3.72. The molecule has 134 valence electrons. The Kier molecular flexibility index (Phi) is 1.49. The van der Waals surface area contributed by atoms with Crippen LogP contribution in [0.25, 0.3) is 21.5 Å². The van der Waals surface area contributed by atoms with Crippen LogP contribution in [0.5, 0.6) is 23.0 Å². The molecular formula is C26H15BO2. The first-order chi connectivity index (χ1) is 19.4. The van der Waals surface area contributed by atoms with Crippen LogP contribution in [0.1, 0.15) is 16.4 Å². The van der Waals surface area contributed by atoms with Gasteiger partial charge in [-0.2, -0.15) is 0 Å². The zero-order valence-electron chi connectivity index (χ0n) is 26.6. The van der Waals surface area contributed by atoms with E-state index in [0.29, 0.717) is 5.46 Å². The molecule has 0 fully saturated rings. The fourth-order valence-corrected chi connectivity index (χ4v) is 3.95. The number of ether oxygens (including phenoxy) is 2. The second kappa shape index (κ2) is 5.42. The molecule has 2 nitrogen and oxygen atoms in total. The molecule has 2 heterocycles. The van der Waals surface area contributed by atoms with E-state index >= 15 is 0 Å². The molecule has 0 amide bonds. The van der Waals surface area contributed by atoms with Crippen molar-refractivity contribution >= 4 is 44.6 Å². The molecule has 0 spiro atoms. The molecule has 5 aromatic rings. The summed E-state index contributed by atoms with van der Waals surface area (Å²) < 4.78 is 115. The quantitative estimate of drug-likeness (QED) is 0.354. The third-order valence-electron chi connectivity index (χ3n) is 5.18. The minimum Gasteiger partial charge on any atom is -0.458 e. The highest BCUT2D eigenvalue weighted by atomic mass is 16.5. The number of fused-ring (bicyclic) bond motifs is 6. The Balaban J connectivity index is 1.70. The molecule has 0 bridgehead atoms. The first-order valence-corrected chi connectivity index (χ1v) is 8.93. The first-order valence-electron chi connectivity index (χ1n) is 14.9. The minimum absolute atomic E-state index is 0.0325. The van der Waals surface area contributed by atoms with Gasteiger partial charge in [0.05, 0.1) is 16.4 Å². The Morgan fingerprint density at radius 3 is 1.52 bits per heavy atom. The van der Waals surface area contributed by atoms with Crippen LogP contribution in [0.4, 0.5) is 0 Å². The smallest absolute Gasteiger partial charge is 0.260 e. The number of hydrogen-bond acceptors (Lipinski definition) is 2. The SMILES string of the molecule is [2H]c1c([2H])c([2H])c2c([2H])c3c(c([2H])c2c1[2H])Oc1cccc2c1B3c1c(c([2H])c3c([2H])c([2H])c([2H])c([2H])c3c1[2H])O2. The summed E-state index contributed by atoms with van der Waals surface area (Å²) in [4.78, 5) is 0. The van der Waals surface area contributed by atoms with Crippen molar-refractivity contribution < 1.29 is 25.9 Å². The Morgan fingerprint density at radius 2 is 1.03 bits per heavy atom. The summed E-state index contributed by atoms with van der Waals surface area (Å²) in [6.45, 7) is -1.08. The highest BCUT2D eigenvalue weighted by molar-refractivity contribution is 6.98. The number of benzene rings is 5. The van der Waals surface area contributed by atoms with Crippen LogP contribution in [0, 0.1) is 0 Å². The van der Waals surface area contributed by atoms with Crippen LogP contribution in [0.2, 0.25) is 0 Å². The van der Waals surface area contributed by atoms with Gasteiger partial charge >= 0.3 is 0 Å². The van der Waals surface area contributed by atoms with Gasteiger partial charge in [0.15, 0.2) is 0 Å². The Bertz CT molecular complexity index is 1950. The molecule has 0 radical (unpaired) electrons. The lowest BCUT2D eigenvalue weighted by molar-refractivity contribution is 0.465. The number of rotatable bonds is 0. The molecular weight excluding hydrogens is 355 g/mol. The number of hydrogen-bond donors (Lipinski definition) is 0. The van der Waals surface area contributed by atoms with Crippen LogP contribution < -0.4 is 25.9 Å². The summed E-state index contributed by atoms with van der Waals surface area (Å²) in [7, 11) is 0. The van der Waals surface area contributed by atoms with Crippen molar-refractivity contribution in [2.75, 3.05) is 0 Å². The van der Waals surface area contributed by atoms with Gasteiger partial charge in [-0.05, 0) is 56.7 Å². The second-order valence-corrected chi connectivity index (χ2v) is 6.79. The standard InChI is InChI=1S/C26H15BO2/c1-3-8-18-14-24-20(12-16(18)6-1)27-21-13-17-7-2-4-9-19(17)15-25(21)29-23-11-5-10-22(28-24)26(23)27/h1-15H/i1D,2D,3D,4D,6D,7D,8D,9D,12D,13D,14D,15D. The van der Waals surface area contributed by atoms with Crippen molar-refractivity contribution in [2.45, 2.75) is 0 Å². The van der Waals surface area contributed by atoms with Crippen molar-refractivity contribution in [3.8, 4) is 23.0 Å². The van der Waals surface area contributed by atoms with E-state index in [4.69, 9.17) is 23.2 Å². The van der Waals surface area contributed by atoms with E-state index in [1.165, 1.54) is 0 Å². The Morgan fingerprint density at radius 1 is 0.586 bits per heavy atom. The Labute approximate surface area is 185 Å². The lowest BCUT2D eigenvalue weighted by atomic mass is 9.34. The highest BCUT2D eigenvalue weighted by Crippen LogP contribution is 2.36. The molecule has 2 aliphatic rings. The minimum atomic E-state index is -1.08. The highest BCUT2D eigenvalue weighted by Gasteiger charge is 2.40. The summed E-state index contributed by atoms with van der Waals surface area (Å²) in [5, 5.41) is -0.770. The fraction of sp³-hybridized carbons (Fsp3) is 0. The predicted molar refractivity (Wildman–Crippen MR) is 119 cm³/mol. The molecule has 29 heavy (non-hydrogen) atoms. The molecule has 0 saturated carbocycles. The van der Waals surface area contributed by atoms with Crippen molar-refractivity contribution in [1.82, 2.24) is 0 Å². The van der Waals surface area contributed by atoms with Gasteiger partial charge in [0.25, 0.3) is 6.71 Å². The summed E-state index contributed by atoms with van der Waals surface area (Å²) in [5.74, 6) is 0.159. The second-order valence-electron chi connectivity index (χ2n) is 6.79. The van der Waals surface area contributed by atoms with Gasteiger partial charge in [-0.25, -0.2) is 0 Å². The molecule has 5 aromatic carbocycles.